The summed E-state index contributed by atoms with van der Waals surface area (Å²) in [5, 5.41) is 10.6. The smallest absolute Gasteiger partial charge is 0.127 e. The van der Waals surface area contributed by atoms with Crippen LogP contribution in [0.5, 0.6) is 11.5 Å². The minimum absolute atomic E-state index is 0.303. The molecule has 2 saturated heterocycles. The Morgan fingerprint density at radius 2 is 1.83 bits per heavy atom. The van der Waals surface area contributed by atoms with Crippen molar-refractivity contribution in [1.82, 2.24) is 9.80 Å². The molecule has 2 aliphatic heterocycles. The molecule has 0 amide bonds. The summed E-state index contributed by atoms with van der Waals surface area (Å²) in [5.74, 6) is 1.58. The van der Waals surface area contributed by atoms with E-state index in [2.05, 4.69) is 22.9 Å². The van der Waals surface area contributed by atoms with Gasteiger partial charge in [0.2, 0.25) is 0 Å². The molecule has 1 atom stereocenters. The number of benzene rings is 1. The van der Waals surface area contributed by atoms with Crippen molar-refractivity contribution in [3.8, 4) is 11.5 Å². The van der Waals surface area contributed by atoms with Crippen LogP contribution in [-0.2, 0) is 11.3 Å². The summed E-state index contributed by atoms with van der Waals surface area (Å²) < 4.78 is 17.0. The van der Waals surface area contributed by atoms with E-state index in [4.69, 9.17) is 14.2 Å². The van der Waals surface area contributed by atoms with Crippen LogP contribution in [0.4, 0.5) is 0 Å². The summed E-state index contributed by atoms with van der Waals surface area (Å²) in [5.41, 5.74) is 1.13. The SMILES string of the molecule is COc1ccc(CN(C)C2CCOCC2)c(OCC(O)CN2CCCCCCC2)c1. The molecule has 1 aromatic rings. The van der Waals surface area contributed by atoms with Crippen molar-refractivity contribution < 1.29 is 19.3 Å². The van der Waals surface area contributed by atoms with Gasteiger partial charge in [0.05, 0.1) is 7.11 Å². The number of methoxy groups -OCH3 is 1. The molecule has 30 heavy (non-hydrogen) atoms. The highest BCUT2D eigenvalue weighted by molar-refractivity contribution is 5.40. The van der Waals surface area contributed by atoms with Gasteiger partial charge in [-0.25, -0.2) is 0 Å². The van der Waals surface area contributed by atoms with Gasteiger partial charge in [-0.15, -0.1) is 0 Å². The molecule has 0 aliphatic carbocycles. The summed E-state index contributed by atoms with van der Waals surface area (Å²) in [7, 11) is 3.84. The fourth-order valence-corrected chi connectivity index (χ4v) is 4.48. The van der Waals surface area contributed by atoms with E-state index in [9.17, 15) is 5.11 Å². The van der Waals surface area contributed by atoms with Crippen LogP contribution in [0.15, 0.2) is 18.2 Å². The standard InChI is InChI=1S/C24H40N2O4/c1-25(21-10-14-29-15-11-21)17-20-8-9-23(28-2)16-24(20)30-19-22(27)18-26-12-6-4-3-5-7-13-26/h8-9,16,21-22,27H,3-7,10-15,17-19H2,1-2H3. The first-order valence-electron chi connectivity index (χ1n) is 11.6. The summed E-state index contributed by atoms with van der Waals surface area (Å²) in [4.78, 5) is 4.77. The zero-order chi connectivity index (χ0) is 21.2. The van der Waals surface area contributed by atoms with Gasteiger partial charge in [-0.2, -0.15) is 0 Å². The minimum Gasteiger partial charge on any atom is -0.497 e. The van der Waals surface area contributed by atoms with Crippen molar-refractivity contribution in [2.45, 2.75) is 63.6 Å². The molecule has 1 N–H and O–H groups in total. The topological polar surface area (TPSA) is 54.4 Å². The van der Waals surface area contributed by atoms with Crippen molar-refractivity contribution in [2.75, 3.05) is 53.6 Å². The van der Waals surface area contributed by atoms with E-state index >= 15 is 0 Å². The molecule has 2 heterocycles. The maximum Gasteiger partial charge on any atom is 0.127 e. The maximum atomic E-state index is 10.6. The number of hydrogen-bond donors (Lipinski definition) is 1. The summed E-state index contributed by atoms with van der Waals surface area (Å²) in [6, 6.07) is 6.54. The number of rotatable bonds is 9. The average molecular weight is 421 g/mol. The molecule has 1 aromatic carbocycles. The second kappa shape index (κ2) is 12.5. The van der Waals surface area contributed by atoms with Crippen LogP contribution in [0.3, 0.4) is 0 Å². The third kappa shape index (κ3) is 7.41. The molecule has 2 aliphatic rings. The average Bonchev–Trinajstić information content (AvgIpc) is 2.75. The third-order valence-corrected chi connectivity index (χ3v) is 6.36. The second-order valence-electron chi connectivity index (χ2n) is 8.77. The van der Waals surface area contributed by atoms with Gasteiger partial charge in [0, 0.05) is 44.0 Å². The van der Waals surface area contributed by atoms with Crippen LogP contribution in [0.25, 0.3) is 0 Å². The molecule has 0 aromatic heterocycles. The Hall–Kier alpha value is -1.34. The molecular formula is C24H40N2O4. The van der Waals surface area contributed by atoms with E-state index in [0.717, 1.165) is 62.8 Å². The predicted octanol–water partition coefficient (Wildman–Crippen LogP) is 3.31. The Bertz CT molecular complexity index is 613. The molecule has 0 radical (unpaired) electrons. The van der Waals surface area contributed by atoms with E-state index in [1.165, 1.54) is 32.1 Å². The number of ether oxygens (including phenoxy) is 3. The molecule has 1 unspecified atom stereocenters. The van der Waals surface area contributed by atoms with E-state index in [-0.39, 0.29) is 0 Å². The van der Waals surface area contributed by atoms with Crippen LogP contribution in [0, 0.1) is 0 Å². The number of likely N-dealkylation sites (tertiary alicyclic amines) is 1. The summed E-state index contributed by atoms with van der Waals surface area (Å²) >= 11 is 0. The molecular weight excluding hydrogens is 380 g/mol. The lowest BCUT2D eigenvalue weighted by molar-refractivity contribution is 0.0398. The Kier molecular flexibility index (Phi) is 9.72. The Morgan fingerprint density at radius 3 is 2.53 bits per heavy atom. The van der Waals surface area contributed by atoms with Crippen molar-refractivity contribution in [3.63, 3.8) is 0 Å². The lowest BCUT2D eigenvalue weighted by Gasteiger charge is -2.31. The first-order valence-corrected chi connectivity index (χ1v) is 11.6. The van der Waals surface area contributed by atoms with Crippen LogP contribution < -0.4 is 9.47 Å². The van der Waals surface area contributed by atoms with Crippen LogP contribution in [0.1, 0.15) is 50.5 Å². The van der Waals surface area contributed by atoms with E-state index in [1.54, 1.807) is 7.11 Å². The van der Waals surface area contributed by atoms with Crippen molar-refractivity contribution in [3.05, 3.63) is 23.8 Å². The lowest BCUT2D eigenvalue weighted by Crippen LogP contribution is -2.37. The fourth-order valence-electron chi connectivity index (χ4n) is 4.48. The maximum absolute atomic E-state index is 10.6. The number of nitrogens with zero attached hydrogens (tertiary/aromatic N) is 2. The highest BCUT2D eigenvalue weighted by atomic mass is 16.5. The first-order chi connectivity index (χ1) is 14.7. The number of aliphatic hydroxyl groups excluding tert-OH is 1. The molecule has 0 saturated carbocycles. The van der Waals surface area contributed by atoms with Gasteiger partial charge in [0.1, 0.15) is 24.2 Å². The molecule has 0 spiro atoms. The summed E-state index contributed by atoms with van der Waals surface area (Å²) in [6.07, 6.45) is 8.05. The van der Waals surface area contributed by atoms with E-state index in [0.29, 0.717) is 19.2 Å². The lowest BCUT2D eigenvalue weighted by atomic mass is 10.1. The third-order valence-electron chi connectivity index (χ3n) is 6.36. The fraction of sp³-hybridized carbons (Fsp3) is 0.750. The summed E-state index contributed by atoms with van der Waals surface area (Å²) in [6.45, 7) is 5.63. The zero-order valence-electron chi connectivity index (χ0n) is 18.9. The van der Waals surface area contributed by atoms with Crippen molar-refractivity contribution >= 4 is 0 Å². The molecule has 6 heteroatoms. The quantitative estimate of drug-likeness (QED) is 0.662. The Labute approximate surface area is 182 Å². The first kappa shape index (κ1) is 23.3. The predicted molar refractivity (Wildman–Crippen MR) is 119 cm³/mol. The largest absolute Gasteiger partial charge is 0.497 e. The van der Waals surface area contributed by atoms with Gasteiger partial charge in [0.15, 0.2) is 0 Å². The van der Waals surface area contributed by atoms with Gasteiger partial charge < -0.3 is 24.2 Å². The molecule has 3 rings (SSSR count). The van der Waals surface area contributed by atoms with E-state index in [1.807, 2.05) is 12.1 Å². The normalized spacial score (nSPS) is 20.5. The van der Waals surface area contributed by atoms with Crippen LogP contribution in [0.2, 0.25) is 0 Å². The van der Waals surface area contributed by atoms with Gasteiger partial charge >= 0.3 is 0 Å². The molecule has 2 fully saturated rings. The number of aliphatic hydroxyl groups is 1. The van der Waals surface area contributed by atoms with Gasteiger partial charge in [0.25, 0.3) is 0 Å². The Balaban J connectivity index is 1.56. The van der Waals surface area contributed by atoms with Gasteiger partial charge in [-0.3, -0.25) is 4.90 Å². The highest BCUT2D eigenvalue weighted by Crippen LogP contribution is 2.27. The highest BCUT2D eigenvalue weighted by Gasteiger charge is 2.20. The van der Waals surface area contributed by atoms with Crippen LogP contribution in [-0.4, -0.2) is 80.7 Å². The van der Waals surface area contributed by atoms with Gasteiger partial charge in [-0.05, 0) is 51.9 Å². The van der Waals surface area contributed by atoms with Crippen LogP contribution >= 0.6 is 0 Å². The van der Waals surface area contributed by atoms with Crippen molar-refractivity contribution in [2.24, 2.45) is 0 Å². The zero-order valence-corrected chi connectivity index (χ0v) is 18.9. The molecule has 6 nitrogen and oxygen atoms in total. The van der Waals surface area contributed by atoms with E-state index < -0.39 is 6.10 Å². The second-order valence-corrected chi connectivity index (χ2v) is 8.77. The number of hydrogen-bond acceptors (Lipinski definition) is 6. The molecule has 170 valence electrons. The minimum atomic E-state index is -0.489. The molecule has 0 bridgehead atoms. The monoisotopic (exact) mass is 420 g/mol. The Morgan fingerprint density at radius 1 is 1.13 bits per heavy atom. The van der Waals surface area contributed by atoms with Crippen molar-refractivity contribution in [1.29, 1.82) is 0 Å². The van der Waals surface area contributed by atoms with Gasteiger partial charge in [-0.1, -0.05) is 25.3 Å². The number of β-amino-alcohol motifs (C(OH)–C–C–N with tert-alkyl or cyclic N) is 1.